The molecule has 1 aromatic carbocycles. The minimum Gasteiger partial charge on any atom is -0.410 e. The summed E-state index contributed by atoms with van der Waals surface area (Å²) in [6, 6.07) is 7.62. The number of carbonyl (C=O) groups excluding carboxylic acids is 1. The van der Waals surface area contributed by atoms with Crippen LogP contribution < -0.4 is 4.74 Å². The number of nitrogens with zero attached hydrogens (tertiary/aromatic N) is 1. The van der Waals surface area contributed by atoms with E-state index in [1.807, 2.05) is 31.2 Å². The summed E-state index contributed by atoms with van der Waals surface area (Å²) in [6.07, 6.45) is -0.249. The number of ether oxygens (including phenoxy) is 1. The molecule has 0 aliphatic carbocycles. The second-order valence-electron chi connectivity index (χ2n) is 2.99. The number of rotatable bonds is 1. The van der Waals surface area contributed by atoms with E-state index in [1.165, 1.54) is 0 Å². The summed E-state index contributed by atoms with van der Waals surface area (Å²) >= 11 is 0. The zero-order chi connectivity index (χ0) is 9.26. The molecule has 0 radical (unpaired) electrons. The van der Waals surface area contributed by atoms with Gasteiger partial charge >= 0.3 is 6.09 Å². The molecule has 13 heavy (non-hydrogen) atoms. The molecule has 1 aliphatic rings. The van der Waals surface area contributed by atoms with Gasteiger partial charge in [-0.3, -0.25) is 0 Å². The SMILES string of the molecule is CCN1Cc2ccccc2OC1=O. The molecular formula is C10H11NO2. The van der Waals surface area contributed by atoms with E-state index in [0.717, 1.165) is 5.56 Å². The molecule has 0 fully saturated rings. The van der Waals surface area contributed by atoms with Gasteiger partial charge in [-0.25, -0.2) is 4.79 Å². The summed E-state index contributed by atoms with van der Waals surface area (Å²) in [6.45, 7) is 3.29. The van der Waals surface area contributed by atoms with E-state index in [2.05, 4.69) is 0 Å². The topological polar surface area (TPSA) is 29.5 Å². The fourth-order valence-corrected chi connectivity index (χ4v) is 1.40. The molecule has 0 bridgehead atoms. The number of fused-ring (bicyclic) bond motifs is 1. The Morgan fingerprint density at radius 3 is 3.00 bits per heavy atom. The molecule has 0 atom stereocenters. The second-order valence-corrected chi connectivity index (χ2v) is 2.99. The van der Waals surface area contributed by atoms with Crippen LogP contribution in [0.4, 0.5) is 4.79 Å². The average molecular weight is 177 g/mol. The van der Waals surface area contributed by atoms with E-state index >= 15 is 0 Å². The quantitative estimate of drug-likeness (QED) is 0.656. The van der Waals surface area contributed by atoms with Crippen molar-refractivity contribution >= 4 is 6.09 Å². The minimum absolute atomic E-state index is 0.249. The van der Waals surface area contributed by atoms with Crippen molar-refractivity contribution in [2.75, 3.05) is 6.54 Å². The zero-order valence-corrected chi connectivity index (χ0v) is 7.49. The Kier molecular flexibility index (Phi) is 1.93. The lowest BCUT2D eigenvalue weighted by atomic mass is 10.1. The summed E-state index contributed by atoms with van der Waals surface area (Å²) in [5.74, 6) is 0.692. The summed E-state index contributed by atoms with van der Waals surface area (Å²) in [5, 5.41) is 0. The highest BCUT2D eigenvalue weighted by Gasteiger charge is 2.22. The molecule has 3 heteroatoms. The van der Waals surface area contributed by atoms with E-state index in [0.29, 0.717) is 18.8 Å². The van der Waals surface area contributed by atoms with Crippen LogP contribution in [-0.4, -0.2) is 17.5 Å². The fourth-order valence-electron chi connectivity index (χ4n) is 1.40. The van der Waals surface area contributed by atoms with Gasteiger partial charge in [-0.05, 0) is 13.0 Å². The van der Waals surface area contributed by atoms with Gasteiger partial charge in [0.25, 0.3) is 0 Å². The van der Waals surface area contributed by atoms with Crippen LogP contribution in [0.3, 0.4) is 0 Å². The molecule has 1 amide bonds. The third-order valence-electron chi connectivity index (χ3n) is 2.17. The van der Waals surface area contributed by atoms with Gasteiger partial charge in [-0.2, -0.15) is 0 Å². The first-order valence-electron chi connectivity index (χ1n) is 4.36. The fraction of sp³-hybridized carbons (Fsp3) is 0.300. The van der Waals surface area contributed by atoms with Crippen LogP contribution in [0.1, 0.15) is 12.5 Å². The Hall–Kier alpha value is -1.51. The predicted octanol–water partition coefficient (Wildman–Crippen LogP) is 2.02. The van der Waals surface area contributed by atoms with Gasteiger partial charge in [-0.1, -0.05) is 18.2 Å². The van der Waals surface area contributed by atoms with Crippen molar-refractivity contribution in [3.63, 3.8) is 0 Å². The van der Waals surface area contributed by atoms with Crippen LogP contribution in [0, 0.1) is 0 Å². The lowest BCUT2D eigenvalue weighted by Gasteiger charge is -2.26. The number of amides is 1. The molecule has 68 valence electrons. The highest BCUT2D eigenvalue weighted by Crippen LogP contribution is 2.24. The molecule has 0 saturated heterocycles. The first kappa shape index (κ1) is 8.10. The molecule has 0 unspecified atom stereocenters. The monoisotopic (exact) mass is 177 g/mol. The number of benzene rings is 1. The third kappa shape index (κ3) is 1.37. The van der Waals surface area contributed by atoms with Gasteiger partial charge in [0.15, 0.2) is 0 Å². The number of hydrogen-bond donors (Lipinski definition) is 0. The first-order valence-corrected chi connectivity index (χ1v) is 4.36. The average Bonchev–Trinajstić information content (AvgIpc) is 2.17. The van der Waals surface area contributed by atoms with Crippen molar-refractivity contribution in [2.24, 2.45) is 0 Å². The van der Waals surface area contributed by atoms with Gasteiger partial charge in [-0.15, -0.1) is 0 Å². The molecule has 0 N–H and O–H groups in total. The van der Waals surface area contributed by atoms with Crippen LogP contribution in [0.5, 0.6) is 5.75 Å². The van der Waals surface area contributed by atoms with Crippen molar-refractivity contribution in [3.05, 3.63) is 29.8 Å². The smallest absolute Gasteiger partial charge is 0.410 e. The van der Waals surface area contributed by atoms with Crippen molar-refractivity contribution in [1.29, 1.82) is 0 Å². The van der Waals surface area contributed by atoms with Crippen LogP contribution in [0.25, 0.3) is 0 Å². The zero-order valence-electron chi connectivity index (χ0n) is 7.49. The summed E-state index contributed by atoms with van der Waals surface area (Å²) in [4.78, 5) is 13.0. The van der Waals surface area contributed by atoms with E-state index in [4.69, 9.17) is 4.74 Å². The molecular weight excluding hydrogens is 166 g/mol. The Balaban J connectivity index is 2.33. The summed E-state index contributed by atoms with van der Waals surface area (Å²) in [5.41, 5.74) is 1.07. The van der Waals surface area contributed by atoms with Crippen molar-refractivity contribution in [3.8, 4) is 5.75 Å². The van der Waals surface area contributed by atoms with E-state index < -0.39 is 0 Å². The summed E-state index contributed by atoms with van der Waals surface area (Å²) < 4.78 is 5.12. The van der Waals surface area contributed by atoms with Gasteiger partial charge in [0.05, 0.1) is 6.54 Å². The highest BCUT2D eigenvalue weighted by atomic mass is 16.6. The maximum absolute atomic E-state index is 11.3. The highest BCUT2D eigenvalue weighted by molar-refractivity contribution is 5.73. The molecule has 3 nitrogen and oxygen atoms in total. The molecule has 2 rings (SSSR count). The molecule has 0 spiro atoms. The maximum Gasteiger partial charge on any atom is 0.415 e. The molecule has 1 aromatic rings. The van der Waals surface area contributed by atoms with Crippen molar-refractivity contribution < 1.29 is 9.53 Å². The molecule has 1 heterocycles. The van der Waals surface area contributed by atoms with Crippen molar-refractivity contribution in [1.82, 2.24) is 4.90 Å². The summed E-state index contributed by atoms with van der Waals surface area (Å²) in [7, 11) is 0. The van der Waals surface area contributed by atoms with Crippen molar-refractivity contribution in [2.45, 2.75) is 13.5 Å². The minimum atomic E-state index is -0.249. The predicted molar refractivity (Wildman–Crippen MR) is 48.6 cm³/mol. The van der Waals surface area contributed by atoms with Crippen LogP contribution >= 0.6 is 0 Å². The van der Waals surface area contributed by atoms with Crippen LogP contribution in [0.15, 0.2) is 24.3 Å². The van der Waals surface area contributed by atoms with Gasteiger partial charge in [0.1, 0.15) is 5.75 Å². The second kappa shape index (κ2) is 3.09. The number of hydrogen-bond acceptors (Lipinski definition) is 2. The largest absolute Gasteiger partial charge is 0.415 e. The number of carbonyl (C=O) groups is 1. The Morgan fingerprint density at radius 1 is 1.46 bits per heavy atom. The Labute approximate surface area is 76.9 Å². The maximum atomic E-state index is 11.3. The van der Waals surface area contributed by atoms with Gasteiger partial charge in [0, 0.05) is 12.1 Å². The molecule has 0 aromatic heterocycles. The van der Waals surface area contributed by atoms with Crippen LogP contribution in [-0.2, 0) is 6.54 Å². The van der Waals surface area contributed by atoms with E-state index in [-0.39, 0.29) is 6.09 Å². The Morgan fingerprint density at radius 2 is 2.23 bits per heavy atom. The van der Waals surface area contributed by atoms with Gasteiger partial charge < -0.3 is 9.64 Å². The Bertz CT molecular complexity index is 335. The number of para-hydroxylation sites is 1. The lowest BCUT2D eigenvalue weighted by molar-refractivity contribution is 0.141. The molecule has 1 aliphatic heterocycles. The van der Waals surface area contributed by atoms with E-state index in [1.54, 1.807) is 4.90 Å². The molecule has 0 saturated carbocycles. The standard InChI is InChI=1S/C10H11NO2/c1-2-11-7-8-5-3-4-6-9(8)13-10(11)12/h3-6H,2,7H2,1H3. The first-order chi connectivity index (χ1) is 6.31. The normalized spacial score (nSPS) is 15.2. The third-order valence-corrected chi connectivity index (χ3v) is 2.17. The lowest BCUT2D eigenvalue weighted by Crippen LogP contribution is -2.36. The van der Waals surface area contributed by atoms with E-state index in [9.17, 15) is 4.79 Å². The van der Waals surface area contributed by atoms with Crippen LogP contribution in [0.2, 0.25) is 0 Å². The van der Waals surface area contributed by atoms with Gasteiger partial charge in [0.2, 0.25) is 0 Å².